The first-order valence-corrected chi connectivity index (χ1v) is 14.0. The Kier molecular flexibility index (Phi) is 7.27. The van der Waals surface area contributed by atoms with E-state index in [2.05, 4.69) is 10.1 Å². The first-order chi connectivity index (χ1) is 17.4. The number of halogens is 1. The van der Waals surface area contributed by atoms with Gasteiger partial charge in [0.2, 0.25) is 15.8 Å². The van der Waals surface area contributed by atoms with Gasteiger partial charge in [-0.1, -0.05) is 30.2 Å². The number of nitrogens with zero attached hydrogens (tertiary/aromatic N) is 5. The van der Waals surface area contributed by atoms with E-state index in [0.29, 0.717) is 60.7 Å². The van der Waals surface area contributed by atoms with Gasteiger partial charge in [0.1, 0.15) is 5.69 Å². The molecule has 3 heterocycles. The minimum atomic E-state index is -3.48. The van der Waals surface area contributed by atoms with Crippen LogP contribution in [0.15, 0.2) is 59.8 Å². The lowest BCUT2D eigenvalue weighted by Crippen LogP contribution is -2.49. The third-order valence-corrected chi connectivity index (χ3v) is 8.79. The standard InChI is InChI=1S/C25H28ClN5O4S/c26-21-7-2-8-22(14-21)31-25(32)24(35-17-19-4-1-5-19)23(16-28-31)29-10-12-30(13-11-29)36(33,34)18-20-6-3-9-27-15-20/h2-3,6-9,14-16,19H,1,4-5,10-13,17-18H2. The molecule has 11 heteroatoms. The molecule has 2 aromatic heterocycles. The number of pyridine rings is 1. The van der Waals surface area contributed by atoms with Crippen molar-refractivity contribution in [3.05, 3.63) is 75.9 Å². The number of hydrogen-bond donors (Lipinski definition) is 0. The maximum atomic E-state index is 13.5. The largest absolute Gasteiger partial charge is 0.486 e. The Hall–Kier alpha value is -2.95. The Labute approximate surface area is 215 Å². The molecule has 36 heavy (non-hydrogen) atoms. The molecule has 0 amide bonds. The number of rotatable bonds is 8. The zero-order chi connectivity index (χ0) is 25.1. The van der Waals surface area contributed by atoms with Gasteiger partial charge in [0.05, 0.1) is 24.2 Å². The summed E-state index contributed by atoms with van der Waals surface area (Å²) in [7, 11) is -3.48. The van der Waals surface area contributed by atoms with Crippen molar-refractivity contribution < 1.29 is 13.2 Å². The van der Waals surface area contributed by atoms with Gasteiger partial charge in [0, 0.05) is 43.6 Å². The topological polar surface area (TPSA) is 97.6 Å². The average molecular weight is 530 g/mol. The number of hydrogen-bond acceptors (Lipinski definition) is 7. The van der Waals surface area contributed by atoms with Crippen molar-refractivity contribution in [2.24, 2.45) is 5.92 Å². The van der Waals surface area contributed by atoms with E-state index in [-0.39, 0.29) is 17.1 Å². The minimum absolute atomic E-state index is 0.0895. The minimum Gasteiger partial charge on any atom is -0.486 e. The highest BCUT2D eigenvalue weighted by Crippen LogP contribution is 2.30. The smallest absolute Gasteiger partial charge is 0.316 e. The zero-order valence-corrected chi connectivity index (χ0v) is 21.4. The van der Waals surface area contributed by atoms with Crippen molar-refractivity contribution in [3.8, 4) is 11.4 Å². The van der Waals surface area contributed by atoms with E-state index in [9.17, 15) is 13.2 Å². The molecule has 1 aromatic carbocycles. The molecule has 9 nitrogen and oxygen atoms in total. The summed E-state index contributed by atoms with van der Waals surface area (Å²) in [6.07, 6.45) is 8.18. The molecular formula is C25H28ClN5O4S. The van der Waals surface area contributed by atoms with Gasteiger partial charge in [-0.2, -0.15) is 14.1 Å². The molecule has 1 saturated heterocycles. The fraction of sp³-hybridized carbons (Fsp3) is 0.400. The molecule has 0 atom stereocenters. The molecule has 1 aliphatic carbocycles. The molecule has 0 unspecified atom stereocenters. The SMILES string of the molecule is O=c1c(OCC2CCC2)c(N2CCN(S(=O)(=O)Cc3cccnc3)CC2)cnn1-c1cccc(Cl)c1. The van der Waals surface area contributed by atoms with E-state index in [4.69, 9.17) is 16.3 Å². The third kappa shape index (κ3) is 5.40. The fourth-order valence-corrected chi connectivity index (χ4v) is 6.11. The van der Waals surface area contributed by atoms with Crippen LogP contribution in [0.4, 0.5) is 5.69 Å². The van der Waals surface area contributed by atoms with Crippen LogP contribution in [0.1, 0.15) is 24.8 Å². The van der Waals surface area contributed by atoms with Crippen LogP contribution in [-0.2, 0) is 15.8 Å². The van der Waals surface area contributed by atoms with Crippen molar-refractivity contribution in [2.45, 2.75) is 25.0 Å². The van der Waals surface area contributed by atoms with Crippen LogP contribution in [0.25, 0.3) is 5.69 Å². The molecule has 5 rings (SSSR count). The fourth-order valence-electron chi connectivity index (χ4n) is 4.44. The summed E-state index contributed by atoms with van der Waals surface area (Å²) in [6.45, 7) is 1.94. The van der Waals surface area contributed by atoms with Gasteiger partial charge >= 0.3 is 5.56 Å². The predicted octanol–water partition coefficient (Wildman–Crippen LogP) is 3.11. The van der Waals surface area contributed by atoms with Crippen molar-refractivity contribution in [3.63, 3.8) is 0 Å². The van der Waals surface area contributed by atoms with Crippen LogP contribution in [0, 0.1) is 5.92 Å². The number of sulfonamides is 1. The van der Waals surface area contributed by atoms with Gasteiger partial charge in [0.15, 0.2) is 0 Å². The van der Waals surface area contributed by atoms with Crippen molar-refractivity contribution >= 4 is 27.3 Å². The normalized spacial score (nSPS) is 17.1. The summed E-state index contributed by atoms with van der Waals surface area (Å²) >= 11 is 6.13. The highest BCUT2D eigenvalue weighted by atomic mass is 35.5. The Morgan fingerprint density at radius 3 is 2.53 bits per heavy atom. The van der Waals surface area contributed by atoms with Gasteiger partial charge in [-0.15, -0.1) is 0 Å². The monoisotopic (exact) mass is 529 g/mol. The highest BCUT2D eigenvalue weighted by Gasteiger charge is 2.30. The Morgan fingerprint density at radius 1 is 1.06 bits per heavy atom. The van der Waals surface area contributed by atoms with Gasteiger partial charge in [-0.25, -0.2) is 8.42 Å². The van der Waals surface area contributed by atoms with Crippen molar-refractivity contribution in [2.75, 3.05) is 37.7 Å². The van der Waals surface area contributed by atoms with E-state index in [1.807, 2.05) is 4.90 Å². The van der Waals surface area contributed by atoms with Crippen molar-refractivity contribution in [1.29, 1.82) is 0 Å². The van der Waals surface area contributed by atoms with Crippen LogP contribution in [0.3, 0.4) is 0 Å². The molecule has 0 N–H and O–H groups in total. The predicted molar refractivity (Wildman–Crippen MR) is 138 cm³/mol. The van der Waals surface area contributed by atoms with Gasteiger partial charge < -0.3 is 9.64 Å². The summed E-state index contributed by atoms with van der Waals surface area (Å²) in [4.78, 5) is 19.5. The molecule has 1 saturated carbocycles. The number of anilines is 1. The van der Waals surface area contributed by atoms with Crippen molar-refractivity contribution in [1.82, 2.24) is 19.1 Å². The third-order valence-electron chi connectivity index (χ3n) is 6.70. The number of ether oxygens (including phenoxy) is 1. The van der Waals surface area contributed by atoms with Gasteiger partial charge in [0.25, 0.3) is 0 Å². The second kappa shape index (κ2) is 10.6. The molecule has 0 radical (unpaired) electrons. The van der Waals surface area contributed by atoms with Gasteiger partial charge in [-0.05, 0) is 48.6 Å². The summed E-state index contributed by atoms with van der Waals surface area (Å²) in [5, 5.41) is 4.90. The molecule has 0 spiro atoms. The molecule has 1 aliphatic heterocycles. The first kappa shape index (κ1) is 24.7. The second-order valence-corrected chi connectivity index (χ2v) is 11.6. The zero-order valence-electron chi connectivity index (χ0n) is 19.8. The van der Waals surface area contributed by atoms with Crippen LogP contribution in [0.5, 0.6) is 5.75 Å². The molecular weight excluding hydrogens is 502 g/mol. The number of piperazine rings is 1. The van der Waals surface area contributed by atoms with E-state index >= 15 is 0 Å². The van der Waals surface area contributed by atoms with E-state index in [0.717, 1.165) is 12.8 Å². The van der Waals surface area contributed by atoms with E-state index in [1.165, 1.54) is 15.4 Å². The van der Waals surface area contributed by atoms with E-state index in [1.54, 1.807) is 55.0 Å². The Balaban J connectivity index is 1.36. The summed E-state index contributed by atoms with van der Waals surface area (Å²) in [5.41, 5.74) is 1.43. The van der Waals surface area contributed by atoms with E-state index < -0.39 is 10.0 Å². The number of benzene rings is 1. The average Bonchev–Trinajstić information content (AvgIpc) is 2.84. The summed E-state index contributed by atoms with van der Waals surface area (Å²) < 4.78 is 34.8. The lowest BCUT2D eigenvalue weighted by molar-refractivity contribution is 0.178. The maximum absolute atomic E-state index is 13.5. The number of aromatic nitrogens is 3. The lowest BCUT2D eigenvalue weighted by Gasteiger charge is -2.36. The first-order valence-electron chi connectivity index (χ1n) is 12.0. The summed E-state index contributed by atoms with van der Waals surface area (Å²) in [6, 6.07) is 10.4. The molecule has 190 valence electrons. The van der Waals surface area contributed by atoms with Crippen LogP contribution in [-0.4, -0.2) is 60.3 Å². The lowest BCUT2D eigenvalue weighted by atomic mass is 9.86. The Morgan fingerprint density at radius 2 is 1.86 bits per heavy atom. The molecule has 0 bridgehead atoms. The quantitative estimate of drug-likeness (QED) is 0.442. The summed E-state index contributed by atoms with van der Waals surface area (Å²) in [5.74, 6) is 0.594. The Bertz CT molecular complexity index is 1370. The second-order valence-electron chi connectivity index (χ2n) is 9.17. The molecule has 3 aromatic rings. The molecule has 2 aliphatic rings. The van der Waals surface area contributed by atoms with Gasteiger partial charge in [-0.3, -0.25) is 9.78 Å². The maximum Gasteiger partial charge on any atom is 0.316 e. The van der Waals surface area contributed by atoms with Crippen LogP contribution in [0.2, 0.25) is 5.02 Å². The highest BCUT2D eigenvalue weighted by molar-refractivity contribution is 7.88. The molecule has 2 fully saturated rings. The van der Waals surface area contributed by atoms with Crippen LogP contribution >= 0.6 is 11.6 Å². The van der Waals surface area contributed by atoms with Crippen LogP contribution < -0.4 is 15.2 Å².